The fourth-order valence-electron chi connectivity index (χ4n) is 9.72. The van der Waals surface area contributed by atoms with Crippen LogP contribution in [0.25, 0.3) is 22.2 Å². The number of fused-ring (bicyclic) bond motifs is 9. The molecule has 1 aliphatic heterocycles. The van der Waals surface area contributed by atoms with Crippen LogP contribution in [-0.4, -0.2) is 67.6 Å². The molecule has 2 amide bonds. The highest BCUT2D eigenvalue weighted by molar-refractivity contribution is 7.87. The zero-order valence-corrected chi connectivity index (χ0v) is 29.7. The molecule has 5 atom stereocenters. The fourth-order valence-corrected chi connectivity index (χ4v) is 10.3. The summed E-state index contributed by atoms with van der Waals surface area (Å²) < 4.78 is 36.3. The van der Waals surface area contributed by atoms with E-state index in [9.17, 15) is 23.1 Å². The lowest BCUT2D eigenvalue weighted by atomic mass is 9.81. The van der Waals surface area contributed by atoms with Crippen molar-refractivity contribution in [2.24, 2.45) is 16.7 Å². The minimum atomic E-state index is -3.99. The molecule has 260 valence electrons. The van der Waals surface area contributed by atoms with Gasteiger partial charge < -0.3 is 19.7 Å². The van der Waals surface area contributed by atoms with Crippen LogP contribution in [0.4, 0.5) is 0 Å². The van der Waals surface area contributed by atoms with Gasteiger partial charge in [0.1, 0.15) is 5.75 Å². The molecule has 2 heterocycles. The number of methoxy groups -OCH3 is 1. The van der Waals surface area contributed by atoms with E-state index in [2.05, 4.69) is 46.7 Å². The first-order valence-corrected chi connectivity index (χ1v) is 19.0. The van der Waals surface area contributed by atoms with Crippen LogP contribution < -0.4 is 14.8 Å². The van der Waals surface area contributed by atoms with Gasteiger partial charge in [0, 0.05) is 48.6 Å². The molecule has 2 bridgehead atoms. The van der Waals surface area contributed by atoms with Gasteiger partial charge in [-0.3, -0.25) is 9.59 Å². The van der Waals surface area contributed by atoms with Gasteiger partial charge in [0.05, 0.1) is 30.4 Å². The molecule has 3 fully saturated rings. The van der Waals surface area contributed by atoms with Crippen molar-refractivity contribution in [3.63, 3.8) is 0 Å². The third-order valence-electron chi connectivity index (χ3n) is 12.6. The van der Waals surface area contributed by atoms with Crippen molar-refractivity contribution in [1.29, 1.82) is 0 Å². The van der Waals surface area contributed by atoms with Crippen molar-refractivity contribution in [1.82, 2.24) is 18.9 Å². The Morgan fingerprint density at radius 1 is 1.06 bits per heavy atom. The van der Waals surface area contributed by atoms with Crippen molar-refractivity contribution < 1.29 is 27.9 Å². The lowest BCUT2D eigenvalue weighted by Crippen LogP contribution is -2.49. The smallest absolute Gasteiger partial charge is 0.303 e. The van der Waals surface area contributed by atoms with Gasteiger partial charge in [-0.15, -0.1) is 0 Å². The number of amides is 2. The van der Waals surface area contributed by atoms with E-state index in [1.165, 1.54) is 26.1 Å². The lowest BCUT2D eigenvalue weighted by molar-refractivity contribution is -0.128. The Bertz CT molecular complexity index is 2040. The summed E-state index contributed by atoms with van der Waals surface area (Å²) in [5, 5.41) is 15.7. The second-order valence-corrected chi connectivity index (χ2v) is 17.6. The van der Waals surface area contributed by atoms with Crippen molar-refractivity contribution >= 4 is 32.9 Å². The van der Waals surface area contributed by atoms with E-state index in [1.54, 1.807) is 19.2 Å². The highest BCUT2D eigenvalue weighted by Gasteiger charge is 2.64. The Hall–Kier alpha value is -3.67. The van der Waals surface area contributed by atoms with Gasteiger partial charge in [-0.1, -0.05) is 45.3 Å². The largest absolute Gasteiger partial charge is 0.497 e. The molecule has 0 saturated heterocycles. The number of ether oxygens (including phenoxy) is 1. The predicted octanol–water partition coefficient (Wildman–Crippen LogP) is 5.22. The maximum atomic E-state index is 14.7. The zero-order chi connectivity index (χ0) is 34.6. The molecule has 2 aromatic carbocycles. The van der Waals surface area contributed by atoms with Gasteiger partial charge in [0.15, 0.2) is 0 Å². The normalized spacial score (nSPS) is 28.3. The van der Waals surface area contributed by atoms with Crippen LogP contribution in [-0.2, 0) is 21.5 Å². The molecule has 3 aromatic rings. The summed E-state index contributed by atoms with van der Waals surface area (Å²) in [6.07, 6.45) is 8.52. The Balaban J connectivity index is 1.29. The molecule has 3 N–H and O–H groups in total. The average molecular weight is 687 g/mol. The maximum absolute atomic E-state index is 14.7. The summed E-state index contributed by atoms with van der Waals surface area (Å²) >= 11 is 0. The monoisotopic (exact) mass is 686 g/mol. The number of nitrogens with one attached hydrogen (secondary N) is 2. The van der Waals surface area contributed by atoms with Crippen molar-refractivity contribution in [3.8, 4) is 17.0 Å². The molecule has 4 aliphatic carbocycles. The molecule has 1 unspecified atom stereocenters. The molecule has 3 saturated carbocycles. The Morgan fingerprint density at radius 3 is 2.49 bits per heavy atom. The summed E-state index contributed by atoms with van der Waals surface area (Å²) in [5.74, 6) is 0.374. The third-order valence-corrected chi connectivity index (χ3v) is 14.0. The summed E-state index contributed by atoms with van der Waals surface area (Å²) in [5.41, 5.74) is 5.60. The van der Waals surface area contributed by atoms with Gasteiger partial charge in [-0.25, -0.2) is 4.72 Å². The first-order valence-electron chi connectivity index (χ1n) is 17.6. The van der Waals surface area contributed by atoms with Crippen LogP contribution in [0, 0.1) is 16.7 Å². The minimum absolute atomic E-state index is 0.0496. The van der Waals surface area contributed by atoms with Crippen molar-refractivity contribution in [2.75, 3.05) is 21.2 Å². The molecule has 1 aromatic heterocycles. The number of allylic oxidation sites excluding steroid dienone is 1. The second-order valence-electron chi connectivity index (χ2n) is 15.7. The van der Waals surface area contributed by atoms with Gasteiger partial charge in [-0.2, -0.15) is 12.7 Å². The van der Waals surface area contributed by atoms with E-state index >= 15 is 0 Å². The van der Waals surface area contributed by atoms with Crippen LogP contribution in [0.2, 0.25) is 0 Å². The number of benzene rings is 2. The quantitative estimate of drug-likeness (QED) is 0.293. The Morgan fingerprint density at radius 2 is 1.82 bits per heavy atom. The Kier molecular flexibility index (Phi) is 7.41. The van der Waals surface area contributed by atoms with Crippen molar-refractivity contribution in [2.45, 2.75) is 89.3 Å². The highest BCUT2D eigenvalue weighted by Crippen LogP contribution is 2.66. The molecule has 11 heteroatoms. The van der Waals surface area contributed by atoms with Crippen LogP contribution in [0.3, 0.4) is 0 Å². The van der Waals surface area contributed by atoms with E-state index in [1.807, 2.05) is 12.1 Å². The number of carbonyl (C=O) groups excluding carboxylic acids is 2. The number of aromatic nitrogens is 1. The number of aliphatic hydroxyl groups excluding tert-OH is 1. The molecule has 0 spiro atoms. The van der Waals surface area contributed by atoms with E-state index in [0.29, 0.717) is 18.9 Å². The summed E-state index contributed by atoms with van der Waals surface area (Å²) in [4.78, 5) is 28.1. The van der Waals surface area contributed by atoms with Crippen LogP contribution >= 0.6 is 0 Å². The van der Waals surface area contributed by atoms with Gasteiger partial charge in [0.25, 0.3) is 5.91 Å². The highest BCUT2D eigenvalue weighted by atomic mass is 32.2. The summed E-state index contributed by atoms with van der Waals surface area (Å²) in [7, 11) is 0.412. The standard InChI is InChI=1S/C38H46N4O6S/c1-37(2)27-15-16-28(37)34(43)32(27)39-36(45)38-19-29(38)26-18-23(48-5)12-14-24(26)33-31(21-9-7-6-8-10-21)25-13-11-22(17-30(25)42(33)20-38)35(44)40-49(46,47)41(3)4/h11-14,16-18,21,27,29,32,34,43H,6-10,15,19-20H2,1-5H3,(H,39,45)(H,40,44)/t27?,29-,32+,34-,38-/m0/s1. The first-order chi connectivity index (χ1) is 23.3. The second kappa shape index (κ2) is 11.2. The molecule has 5 aliphatic rings. The number of hydrogen-bond acceptors (Lipinski definition) is 6. The predicted molar refractivity (Wildman–Crippen MR) is 188 cm³/mol. The van der Waals surface area contributed by atoms with E-state index in [4.69, 9.17) is 4.74 Å². The Labute approximate surface area is 288 Å². The molecule has 8 rings (SSSR count). The minimum Gasteiger partial charge on any atom is -0.497 e. The summed E-state index contributed by atoms with van der Waals surface area (Å²) in [6, 6.07) is 11.3. The topological polar surface area (TPSA) is 130 Å². The third kappa shape index (κ3) is 4.82. The molecular formula is C38H46N4O6S. The van der Waals surface area contributed by atoms with Gasteiger partial charge in [-0.05, 0) is 90.0 Å². The fraction of sp³-hybridized carbons (Fsp3) is 0.526. The number of hydrogen-bond donors (Lipinski definition) is 3. The van der Waals surface area contributed by atoms with E-state index in [-0.39, 0.29) is 34.8 Å². The van der Waals surface area contributed by atoms with Gasteiger partial charge in [0.2, 0.25) is 5.91 Å². The van der Waals surface area contributed by atoms with Crippen molar-refractivity contribution in [3.05, 3.63) is 64.7 Å². The van der Waals surface area contributed by atoms with Gasteiger partial charge >= 0.3 is 10.2 Å². The molecule has 0 radical (unpaired) electrons. The van der Waals surface area contributed by atoms with E-state index in [0.717, 1.165) is 75.5 Å². The first kappa shape index (κ1) is 32.5. The SMILES string of the molecule is COc1ccc2c(c1)[C@@H]1C[C@]1(C(=O)N[C@@H]1C3CC=C([C@@H]1O)C3(C)C)Cn1c-2c(C2CCCCC2)c2ccc(C(=O)NS(=O)(=O)N(C)C)cc21. The number of aliphatic hydroxyl groups is 1. The number of nitrogens with zero attached hydrogens (tertiary/aromatic N) is 2. The lowest BCUT2D eigenvalue weighted by Gasteiger charge is -2.29. The van der Waals surface area contributed by atoms with Crippen LogP contribution in [0.5, 0.6) is 5.75 Å². The summed E-state index contributed by atoms with van der Waals surface area (Å²) in [6.45, 7) is 4.71. The van der Waals surface area contributed by atoms with Crippen LogP contribution in [0.1, 0.15) is 92.1 Å². The molecular weight excluding hydrogens is 641 g/mol. The zero-order valence-electron chi connectivity index (χ0n) is 28.9. The average Bonchev–Trinajstić information content (AvgIpc) is 3.59. The number of carbonyl (C=O) groups is 2. The number of rotatable bonds is 7. The maximum Gasteiger partial charge on any atom is 0.303 e. The van der Waals surface area contributed by atoms with Crippen LogP contribution in [0.15, 0.2) is 48.0 Å². The molecule has 49 heavy (non-hydrogen) atoms. The molecule has 10 nitrogen and oxygen atoms in total. The van der Waals surface area contributed by atoms with E-state index < -0.39 is 27.6 Å².